The van der Waals surface area contributed by atoms with E-state index in [-0.39, 0.29) is 0 Å². The van der Waals surface area contributed by atoms with Crippen molar-refractivity contribution in [2.24, 2.45) is 0 Å². The molecule has 4 rings (SSSR count). The number of rotatable bonds is 6. The van der Waals surface area contributed by atoms with E-state index < -0.39 is 19.2 Å². The molecule has 0 bridgehead atoms. The highest BCUT2D eigenvalue weighted by atomic mass is 31.2. The minimum absolute atomic E-state index is 0.833. The van der Waals surface area contributed by atoms with Gasteiger partial charge in [-0.3, -0.25) is 4.79 Å². The number of hydrogen-bond acceptors (Lipinski definition) is 4. The Bertz CT molecular complexity index is 1250. The minimum atomic E-state index is -1.95. The largest absolute Gasteiger partial charge is 0.550 e. The Balaban J connectivity index is 0.000000590. The van der Waals surface area contributed by atoms with Gasteiger partial charge in [0.15, 0.2) is 0 Å². The zero-order valence-corrected chi connectivity index (χ0v) is 24.4. The summed E-state index contributed by atoms with van der Waals surface area (Å²) in [5.74, 6) is -1.02. The van der Waals surface area contributed by atoms with E-state index in [1.807, 2.05) is 0 Å². The first-order valence-electron chi connectivity index (χ1n) is 12.6. The van der Waals surface area contributed by atoms with Crippen molar-refractivity contribution in [2.75, 3.05) is 7.11 Å². The van der Waals surface area contributed by atoms with Gasteiger partial charge >= 0.3 is 0 Å². The van der Waals surface area contributed by atoms with Gasteiger partial charge in [0.1, 0.15) is 28.9 Å². The van der Waals surface area contributed by atoms with Crippen LogP contribution in [0.5, 0.6) is 5.75 Å². The van der Waals surface area contributed by atoms with E-state index in [4.69, 9.17) is 24.5 Å². The Morgan fingerprint density at radius 1 is 0.692 bits per heavy atom. The van der Waals surface area contributed by atoms with Gasteiger partial charge in [0.2, 0.25) is 0 Å². The molecule has 6 heteroatoms. The molecule has 0 radical (unpaired) electrons. The second-order valence-corrected chi connectivity index (χ2v) is 12.6. The van der Waals surface area contributed by atoms with Gasteiger partial charge in [0.25, 0.3) is 5.97 Å². The molecule has 0 aliphatic heterocycles. The number of benzene rings is 4. The molecule has 0 atom stereocenters. The molecule has 39 heavy (non-hydrogen) atoms. The van der Waals surface area contributed by atoms with Crippen LogP contribution in [0.15, 0.2) is 97.1 Å². The zero-order valence-electron chi connectivity index (χ0n) is 23.5. The van der Waals surface area contributed by atoms with Crippen molar-refractivity contribution in [2.45, 2.75) is 40.8 Å². The monoisotopic (exact) mass is 544 g/mol. The summed E-state index contributed by atoms with van der Waals surface area (Å²) in [5, 5.41) is 20.7. The van der Waals surface area contributed by atoms with Crippen LogP contribution in [-0.4, -0.2) is 24.2 Å². The Hall–Kier alpha value is -3.95. The van der Waals surface area contributed by atoms with E-state index in [2.05, 4.69) is 118 Å². The van der Waals surface area contributed by atoms with Crippen LogP contribution in [0.4, 0.5) is 0 Å². The van der Waals surface area contributed by atoms with E-state index >= 15 is 0 Å². The van der Waals surface area contributed by atoms with Crippen molar-refractivity contribution in [1.29, 1.82) is 0 Å². The zero-order chi connectivity index (χ0) is 29.0. The minimum Gasteiger partial charge on any atom is -0.550 e. The highest BCUT2D eigenvalue weighted by molar-refractivity contribution is 7.95. The van der Waals surface area contributed by atoms with E-state index in [1.54, 1.807) is 7.11 Å². The molecule has 0 aliphatic carbocycles. The van der Waals surface area contributed by atoms with Gasteiger partial charge in [-0.1, -0.05) is 66.7 Å². The maximum atomic E-state index is 9.00. The van der Waals surface area contributed by atoms with Gasteiger partial charge < -0.3 is 19.7 Å². The molecule has 0 saturated carbocycles. The smallest absolute Gasteiger partial charge is 0.300 e. The fourth-order valence-electron chi connectivity index (χ4n) is 4.62. The van der Waals surface area contributed by atoms with Crippen molar-refractivity contribution >= 4 is 35.1 Å². The number of aliphatic carboxylic acids is 2. The third-order valence-corrected chi connectivity index (χ3v) is 11.0. The van der Waals surface area contributed by atoms with Crippen LogP contribution in [0.2, 0.25) is 0 Å². The fourth-order valence-corrected chi connectivity index (χ4v) is 9.72. The van der Waals surface area contributed by atoms with Gasteiger partial charge in [-0.2, -0.15) is 0 Å². The predicted octanol–water partition coefficient (Wildman–Crippen LogP) is 4.96. The summed E-state index contributed by atoms with van der Waals surface area (Å²) in [6, 6.07) is 35.5. The molecule has 0 fully saturated rings. The Labute approximate surface area is 232 Å². The average molecular weight is 545 g/mol. The van der Waals surface area contributed by atoms with Crippen LogP contribution >= 0.6 is 7.26 Å². The standard InChI is InChI=1S/C29H30OP.2C2H4O2/c1-22-11-5-8-14-27(22)31(28-15-9-6-12-23(28)2,29-16-10-7-13-24(29)3)21-25-17-19-26(30-4)20-18-25;2*1-2(3)4/h5-20H,21H2,1-4H3;2*1H3,(H,3,4)/q+1;;/p-1. The van der Waals surface area contributed by atoms with Gasteiger partial charge in [-0.05, 0) is 80.3 Å². The summed E-state index contributed by atoms with van der Waals surface area (Å²) >= 11 is 0. The number of ether oxygens (including phenoxy) is 1. The number of methoxy groups -OCH3 is 1. The van der Waals surface area contributed by atoms with Crippen molar-refractivity contribution in [1.82, 2.24) is 0 Å². The number of carboxylic acid groups (broad SMARTS) is 2. The normalized spacial score (nSPS) is 10.3. The molecule has 204 valence electrons. The molecule has 4 aromatic rings. The van der Waals surface area contributed by atoms with Gasteiger partial charge in [-0.15, -0.1) is 0 Å². The lowest BCUT2D eigenvalue weighted by Gasteiger charge is -2.31. The molecule has 5 nitrogen and oxygen atoms in total. The van der Waals surface area contributed by atoms with Crippen molar-refractivity contribution in [3.8, 4) is 5.75 Å². The lowest BCUT2D eigenvalue weighted by Crippen LogP contribution is -2.36. The highest BCUT2D eigenvalue weighted by Gasteiger charge is 2.48. The number of carboxylic acids is 2. The van der Waals surface area contributed by atoms with Crippen molar-refractivity contribution in [3.63, 3.8) is 0 Å². The van der Waals surface area contributed by atoms with Gasteiger partial charge in [0.05, 0.1) is 13.3 Å². The molecule has 0 aromatic heterocycles. The molecule has 1 N–H and O–H groups in total. The second-order valence-electron chi connectivity index (χ2n) is 9.19. The number of aryl methyl sites for hydroxylation is 3. The van der Waals surface area contributed by atoms with Gasteiger partial charge in [-0.25, -0.2) is 0 Å². The molecule has 4 aromatic carbocycles. The molecule has 0 spiro atoms. The summed E-state index contributed by atoms with van der Waals surface area (Å²) < 4.78 is 5.42. The first kappa shape index (κ1) is 31.3. The SMILES string of the molecule is CC(=O)O.CC(=O)[O-].COc1ccc(C[P+](c2ccccc2C)(c2ccccc2C)c2ccccc2C)cc1. The van der Waals surface area contributed by atoms with Crippen LogP contribution in [0, 0.1) is 20.8 Å². The third-order valence-electron chi connectivity index (χ3n) is 6.16. The molecule has 0 amide bonds. The van der Waals surface area contributed by atoms with E-state index in [0.717, 1.165) is 25.8 Å². The Kier molecular flexibility index (Phi) is 11.9. The summed E-state index contributed by atoms with van der Waals surface area (Å²) in [6.07, 6.45) is 0.984. The molecular weight excluding hydrogens is 507 g/mol. The summed E-state index contributed by atoms with van der Waals surface area (Å²) in [5.41, 5.74) is 5.41. The topological polar surface area (TPSA) is 86.7 Å². The van der Waals surface area contributed by atoms with Crippen LogP contribution in [0.3, 0.4) is 0 Å². The predicted molar refractivity (Wildman–Crippen MR) is 160 cm³/mol. The molecule has 0 aliphatic rings. The van der Waals surface area contributed by atoms with E-state index in [9.17, 15) is 0 Å². The number of carbonyl (C=O) groups excluding carboxylic acids is 1. The fraction of sp³-hybridized carbons (Fsp3) is 0.212. The maximum absolute atomic E-state index is 9.00. The average Bonchev–Trinajstić information content (AvgIpc) is 2.88. The van der Waals surface area contributed by atoms with Crippen LogP contribution in [0.25, 0.3) is 0 Å². The van der Waals surface area contributed by atoms with Crippen molar-refractivity contribution < 1.29 is 24.5 Å². The first-order chi connectivity index (χ1) is 18.5. The first-order valence-corrected chi connectivity index (χ1v) is 14.6. The summed E-state index contributed by atoms with van der Waals surface area (Å²) in [7, 11) is -0.230. The van der Waals surface area contributed by atoms with Crippen LogP contribution in [-0.2, 0) is 15.8 Å². The quantitative estimate of drug-likeness (QED) is 0.347. The summed E-state index contributed by atoms with van der Waals surface area (Å²) in [6.45, 7) is 8.83. The Morgan fingerprint density at radius 3 is 1.28 bits per heavy atom. The number of hydrogen-bond donors (Lipinski definition) is 1. The third kappa shape index (κ3) is 8.53. The Morgan fingerprint density at radius 2 is 1.00 bits per heavy atom. The molecule has 0 unspecified atom stereocenters. The lowest BCUT2D eigenvalue weighted by molar-refractivity contribution is -0.302. The molecular formula is C33H37O5P. The number of carbonyl (C=O) groups is 2. The lowest BCUT2D eigenvalue weighted by atomic mass is 10.2. The molecule has 0 heterocycles. The van der Waals surface area contributed by atoms with E-state index in [0.29, 0.717) is 0 Å². The van der Waals surface area contributed by atoms with Gasteiger partial charge in [0, 0.05) is 12.9 Å². The second kappa shape index (κ2) is 14.8. The van der Waals surface area contributed by atoms with Crippen LogP contribution in [0.1, 0.15) is 36.1 Å². The maximum Gasteiger partial charge on any atom is 0.300 e. The summed E-state index contributed by atoms with van der Waals surface area (Å²) in [4.78, 5) is 17.9. The van der Waals surface area contributed by atoms with Crippen molar-refractivity contribution in [3.05, 3.63) is 119 Å². The van der Waals surface area contributed by atoms with Crippen LogP contribution < -0.4 is 25.8 Å². The van der Waals surface area contributed by atoms with E-state index in [1.165, 1.54) is 38.2 Å². The highest BCUT2D eigenvalue weighted by Crippen LogP contribution is 2.60. The molecule has 0 saturated heterocycles.